The minimum Gasteiger partial charge on any atom is -0.360 e. The van der Waals surface area contributed by atoms with E-state index >= 15 is 0 Å². The highest BCUT2D eigenvalue weighted by Gasteiger charge is 2.23. The first-order valence-corrected chi connectivity index (χ1v) is 7.53. The molecule has 0 bridgehead atoms. The molecule has 0 aliphatic carbocycles. The fourth-order valence-electron chi connectivity index (χ4n) is 1.67. The Morgan fingerprint density at radius 1 is 1.47 bits per heavy atom. The van der Waals surface area contributed by atoms with E-state index in [9.17, 15) is 0 Å². The molecule has 1 aromatic carbocycles. The predicted octanol–water partition coefficient (Wildman–Crippen LogP) is 3.81. The van der Waals surface area contributed by atoms with Gasteiger partial charge in [-0.15, -0.1) is 0 Å². The number of hydrogen-bond donors (Lipinski definition) is 1. The van der Waals surface area contributed by atoms with E-state index in [1.807, 2.05) is 23.9 Å². The van der Waals surface area contributed by atoms with Crippen LogP contribution in [0, 0.1) is 0 Å². The van der Waals surface area contributed by atoms with Gasteiger partial charge in [-0.1, -0.05) is 39.8 Å². The average Bonchev–Trinajstić information content (AvgIpc) is 2.25. The number of rotatable bonds is 2. The Labute approximate surface area is 115 Å². The van der Waals surface area contributed by atoms with Crippen LogP contribution in [-0.2, 0) is 6.54 Å². The third-order valence-electron chi connectivity index (χ3n) is 2.71. The molecule has 0 atom stereocenters. The van der Waals surface area contributed by atoms with Gasteiger partial charge in [0.15, 0.2) is 5.17 Å². The normalized spacial score (nSPS) is 21.2. The number of halogens is 1. The SMILES string of the molecule is CC1(C)CCSC(=NCc2cccc(Br)c2)N1. The van der Waals surface area contributed by atoms with Crippen molar-refractivity contribution in [2.75, 3.05) is 5.75 Å². The molecule has 1 N–H and O–H groups in total. The lowest BCUT2D eigenvalue weighted by molar-refractivity contribution is 0.446. The standard InChI is InChI=1S/C13H17BrN2S/c1-13(2)6-7-17-12(16-13)15-9-10-4-3-5-11(14)8-10/h3-5,8H,6-7,9H2,1-2H3,(H,15,16). The summed E-state index contributed by atoms with van der Waals surface area (Å²) in [6.07, 6.45) is 1.19. The molecule has 0 saturated carbocycles. The summed E-state index contributed by atoms with van der Waals surface area (Å²) in [5, 5.41) is 4.55. The molecule has 1 fully saturated rings. The fourth-order valence-corrected chi connectivity index (χ4v) is 3.43. The zero-order chi connectivity index (χ0) is 12.3. The van der Waals surface area contributed by atoms with Gasteiger partial charge in [-0.2, -0.15) is 0 Å². The smallest absolute Gasteiger partial charge is 0.157 e. The molecule has 4 heteroatoms. The van der Waals surface area contributed by atoms with E-state index in [0.717, 1.165) is 21.9 Å². The van der Waals surface area contributed by atoms with E-state index < -0.39 is 0 Å². The maximum atomic E-state index is 4.64. The molecule has 0 radical (unpaired) electrons. The van der Waals surface area contributed by atoms with Crippen molar-refractivity contribution in [2.24, 2.45) is 4.99 Å². The van der Waals surface area contributed by atoms with Crippen molar-refractivity contribution in [1.82, 2.24) is 5.32 Å². The van der Waals surface area contributed by atoms with Gasteiger partial charge in [0.05, 0.1) is 6.54 Å². The summed E-state index contributed by atoms with van der Waals surface area (Å²) in [7, 11) is 0. The second-order valence-electron chi connectivity index (χ2n) is 4.86. The number of amidine groups is 1. The Hall–Kier alpha value is -0.480. The molecule has 1 saturated heterocycles. The van der Waals surface area contributed by atoms with E-state index in [0.29, 0.717) is 0 Å². The van der Waals surface area contributed by atoms with Gasteiger partial charge in [-0.25, -0.2) is 0 Å². The Morgan fingerprint density at radius 3 is 3.00 bits per heavy atom. The third kappa shape index (κ3) is 4.03. The first kappa shape index (κ1) is 13.0. The lowest BCUT2D eigenvalue weighted by Gasteiger charge is -2.32. The lowest BCUT2D eigenvalue weighted by Crippen LogP contribution is -2.46. The average molecular weight is 313 g/mol. The van der Waals surface area contributed by atoms with Crippen LogP contribution in [0.3, 0.4) is 0 Å². The lowest BCUT2D eigenvalue weighted by atomic mass is 10.0. The van der Waals surface area contributed by atoms with E-state index in [-0.39, 0.29) is 5.54 Å². The van der Waals surface area contributed by atoms with Crippen LogP contribution in [0.4, 0.5) is 0 Å². The Balaban J connectivity index is 2.01. The maximum absolute atomic E-state index is 4.64. The molecule has 2 nitrogen and oxygen atoms in total. The van der Waals surface area contributed by atoms with Crippen LogP contribution in [0.2, 0.25) is 0 Å². The van der Waals surface area contributed by atoms with Crippen LogP contribution in [0.1, 0.15) is 25.8 Å². The van der Waals surface area contributed by atoms with Gasteiger partial charge in [0, 0.05) is 15.8 Å². The summed E-state index contributed by atoms with van der Waals surface area (Å²) in [6, 6.07) is 8.30. The van der Waals surface area contributed by atoms with Crippen LogP contribution in [0.5, 0.6) is 0 Å². The molecule has 1 aliphatic rings. The van der Waals surface area contributed by atoms with Crippen molar-refractivity contribution < 1.29 is 0 Å². The first-order chi connectivity index (χ1) is 8.05. The summed E-state index contributed by atoms with van der Waals surface area (Å²) in [4.78, 5) is 4.64. The maximum Gasteiger partial charge on any atom is 0.157 e. The molecule has 0 unspecified atom stereocenters. The monoisotopic (exact) mass is 312 g/mol. The van der Waals surface area contributed by atoms with Gasteiger partial charge in [0.25, 0.3) is 0 Å². The highest BCUT2D eigenvalue weighted by Crippen LogP contribution is 2.22. The topological polar surface area (TPSA) is 24.4 Å². The predicted molar refractivity (Wildman–Crippen MR) is 79.6 cm³/mol. The van der Waals surface area contributed by atoms with Crippen molar-refractivity contribution in [1.29, 1.82) is 0 Å². The first-order valence-electron chi connectivity index (χ1n) is 5.75. The van der Waals surface area contributed by atoms with Crippen molar-refractivity contribution in [3.63, 3.8) is 0 Å². The molecular formula is C13H17BrN2S. The van der Waals surface area contributed by atoms with E-state index in [4.69, 9.17) is 0 Å². The minimum absolute atomic E-state index is 0.182. The van der Waals surface area contributed by atoms with Crippen LogP contribution in [-0.4, -0.2) is 16.5 Å². The number of hydrogen-bond acceptors (Lipinski definition) is 2. The van der Waals surface area contributed by atoms with Crippen LogP contribution < -0.4 is 5.32 Å². The Kier molecular flexibility index (Phi) is 4.15. The zero-order valence-electron chi connectivity index (χ0n) is 10.2. The molecule has 2 rings (SSSR count). The summed E-state index contributed by atoms with van der Waals surface area (Å²) in [6.45, 7) is 5.19. The van der Waals surface area contributed by atoms with Gasteiger partial charge < -0.3 is 5.32 Å². The molecule has 1 aliphatic heterocycles. The molecule has 0 amide bonds. The summed E-state index contributed by atoms with van der Waals surface area (Å²) in [5.74, 6) is 1.15. The fraction of sp³-hybridized carbons (Fsp3) is 0.462. The van der Waals surface area contributed by atoms with Crippen molar-refractivity contribution in [3.05, 3.63) is 34.3 Å². The number of benzene rings is 1. The number of nitrogens with zero attached hydrogens (tertiary/aromatic N) is 1. The largest absolute Gasteiger partial charge is 0.360 e. The Bertz CT molecular complexity index is 429. The highest BCUT2D eigenvalue weighted by atomic mass is 79.9. The molecule has 1 aromatic rings. The van der Waals surface area contributed by atoms with Crippen LogP contribution >= 0.6 is 27.7 Å². The molecule has 0 spiro atoms. The quantitative estimate of drug-likeness (QED) is 0.898. The van der Waals surface area contributed by atoms with Crippen molar-refractivity contribution >= 4 is 32.9 Å². The molecular weight excluding hydrogens is 296 g/mol. The molecule has 17 heavy (non-hydrogen) atoms. The summed E-state index contributed by atoms with van der Waals surface area (Å²) in [5.41, 5.74) is 1.42. The van der Waals surface area contributed by atoms with Gasteiger partial charge in [0.2, 0.25) is 0 Å². The highest BCUT2D eigenvalue weighted by molar-refractivity contribution is 9.10. The number of nitrogens with one attached hydrogen (secondary N) is 1. The summed E-state index contributed by atoms with van der Waals surface area (Å²) >= 11 is 5.29. The van der Waals surface area contributed by atoms with Crippen molar-refractivity contribution in [2.45, 2.75) is 32.4 Å². The van der Waals surface area contributed by atoms with Crippen molar-refractivity contribution in [3.8, 4) is 0 Å². The van der Waals surface area contributed by atoms with Gasteiger partial charge >= 0.3 is 0 Å². The zero-order valence-corrected chi connectivity index (χ0v) is 12.6. The second-order valence-corrected chi connectivity index (χ2v) is 6.86. The van der Waals surface area contributed by atoms with Crippen LogP contribution in [0.15, 0.2) is 33.7 Å². The van der Waals surface area contributed by atoms with Gasteiger partial charge in [0.1, 0.15) is 0 Å². The Morgan fingerprint density at radius 2 is 2.29 bits per heavy atom. The van der Waals surface area contributed by atoms with Gasteiger partial charge in [-0.3, -0.25) is 4.99 Å². The van der Waals surface area contributed by atoms with E-state index in [1.54, 1.807) is 0 Å². The molecule has 92 valence electrons. The van der Waals surface area contributed by atoms with E-state index in [2.05, 4.69) is 52.2 Å². The minimum atomic E-state index is 0.182. The van der Waals surface area contributed by atoms with E-state index in [1.165, 1.54) is 12.0 Å². The van der Waals surface area contributed by atoms with Crippen LogP contribution in [0.25, 0.3) is 0 Å². The van der Waals surface area contributed by atoms with Gasteiger partial charge in [-0.05, 0) is 38.0 Å². The third-order valence-corrected chi connectivity index (χ3v) is 4.11. The number of aliphatic imine (C=N–C) groups is 1. The second kappa shape index (κ2) is 5.44. The molecule has 0 aromatic heterocycles. The number of thioether (sulfide) groups is 1. The summed E-state index contributed by atoms with van der Waals surface area (Å²) < 4.78 is 1.11. The molecule has 1 heterocycles.